The summed E-state index contributed by atoms with van der Waals surface area (Å²) < 4.78 is 0. The molecule has 4 N–H and O–H groups in total. The van der Waals surface area contributed by atoms with Crippen molar-refractivity contribution in [1.82, 2.24) is 10.6 Å². The number of rotatable bonds is 5. The van der Waals surface area contributed by atoms with Gasteiger partial charge in [-0.05, 0) is 43.4 Å². The van der Waals surface area contributed by atoms with Crippen LogP contribution in [0.2, 0.25) is 0 Å². The van der Waals surface area contributed by atoms with Gasteiger partial charge in [0.05, 0.1) is 17.9 Å². The van der Waals surface area contributed by atoms with Crippen molar-refractivity contribution in [3.05, 3.63) is 65.2 Å². The molecule has 0 bridgehead atoms. The van der Waals surface area contributed by atoms with Gasteiger partial charge in [0.15, 0.2) is 5.11 Å². The van der Waals surface area contributed by atoms with Gasteiger partial charge in [-0.1, -0.05) is 29.8 Å². The van der Waals surface area contributed by atoms with E-state index in [2.05, 4.69) is 16.0 Å². The van der Waals surface area contributed by atoms with Gasteiger partial charge in [0.1, 0.15) is 0 Å². The summed E-state index contributed by atoms with van der Waals surface area (Å²) in [5, 5.41) is 16.9. The smallest absolute Gasteiger partial charge is 0.257 e. The Labute approximate surface area is 151 Å². The summed E-state index contributed by atoms with van der Waals surface area (Å²) in [7, 11) is 0. The van der Waals surface area contributed by atoms with Crippen molar-refractivity contribution in [2.45, 2.75) is 6.92 Å². The van der Waals surface area contributed by atoms with Gasteiger partial charge in [-0.15, -0.1) is 0 Å². The molecule has 0 radical (unpaired) electrons. The van der Waals surface area contributed by atoms with Gasteiger partial charge in [-0.2, -0.15) is 0 Å². The highest BCUT2D eigenvalue weighted by atomic mass is 32.1. The van der Waals surface area contributed by atoms with Crippen LogP contribution in [-0.4, -0.2) is 35.2 Å². The number of aryl methyl sites for hydroxylation is 1. The number of nitrogens with one attached hydrogen (secondary N) is 3. The van der Waals surface area contributed by atoms with Crippen LogP contribution in [0.1, 0.15) is 26.3 Å². The number of hydrogen-bond acceptors (Lipinski definition) is 4. The average Bonchev–Trinajstić information content (AvgIpc) is 2.60. The number of hydrogen-bond donors (Lipinski definition) is 4. The number of thiocarbonyl (C=S) groups is 1. The molecule has 0 aliphatic heterocycles. The monoisotopic (exact) mass is 357 g/mol. The zero-order valence-electron chi connectivity index (χ0n) is 13.7. The van der Waals surface area contributed by atoms with Gasteiger partial charge in [0.2, 0.25) is 0 Å². The molecule has 0 saturated carbocycles. The van der Waals surface area contributed by atoms with E-state index in [-0.39, 0.29) is 30.1 Å². The van der Waals surface area contributed by atoms with Crippen molar-refractivity contribution in [3.63, 3.8) is 0 Å². The first kappa shape index (κ1) is 18.6. The third-order valence-corrected chi connectivity index (χ3v) is 3.56. The highest BCUT2D eigenvalue weighted by Crippen LogP contribution is 2.15. The Kier molecular flexibility index (Phi) is 6.62. The van der Waals surface area contributed by atoms with Crippen molar-refractivity contribution in [1.29, 1.82) is 0 Å². The predicted octanol–water partition coefficient (Wildman–Crippen LogP) is 1.84. The fourth-order valence-corrected chi connectivity index (χ4v) is 2.29. The van der Waals surface area contributed by atoms with Crippen molar-refractivity contribution in [2.75, 3.05) is 18.5 Å². The van der Waals surface area contributed by atoms with Crippen molar-refractivity contribution in [2.24, 2.45) is 0 Å². The standard InChI is InChI=1S/C18H19N3O3S/c1-12-6-8-13(9-7-12)16(23)21-18(25)20-15-5-3-2-4-14(15)17(24)19-10-11-22/h2-9,22H,10-11H2,1H3,(H,19,24)(H2,20,21,23,25). The zero-order valence-corrected chi connectivity index (χ0v) is 14.5. The van der Waals surface area contributed by atoms with Crippen molar-refractivity contribution >= 4 is 34.8 Å². The van der Waals surface area contributed by atoms with E-state index >= 15 is 0 Å². The summed E-state index contributed by atoms with van der Waals surface area (Å²) >= 11 is 5.16. The number of aliphatic hydroxyl groups excluding tert-OH is 1. The van der Waals surface area contributed by atoms with E-state index in [9.17, 15) is 9.59 Å². The Hall–Kier alpha value is -2.77. The summed E-state index contributed by atoms with van der Waals surface area (Å²) in [6.07, 6.45) is 0. The van der Waals surface area contributed by atoms with Crippen molar-refractivity contribution in [3.8, 4) is 0 Å². The molecule has 130 valence electrons. The molecule has 2 rings (SSSR count). The molecular formula is C18H19N3O3S. The molecule has 0 aromatic heterocycles. The molecule has 2 amide bonds. The molecule has 25 heavy (non-hydrogen) atoms. The lowest BCUT2D eigenvalue weighted by Gasteiger charge is -2.13. The second kappa shape index (κ2) is 8.91. The second-order valence-electron chi connectivity index (χ2n) is 5.30. The van der Waals surface area contributed by atoms with Crippen LogP contribution < -0.4 is 16.0 Å². The van der Waals surface area contributed by atoms with Crippen LogP contribution in [0.15, 0.2) is 48.5 Å². The predicted molar refractivity (Wildman–Crippen MR) is 101 cm³/mol. The van der Waals surface area contributed by atoms with E-state index in [1.165, 1.54) is 0 Å². The minimum atomic E-state index is -0.343. The second-order valence-corrected chi connectivity index (χ2v) is 5.71. The van der Waals surface area contributed by atoms with Crippen LogP contribution in [-0.2, 0) is 0 Å². The van der Waals surface area contributed by atoms with E-state index < -0.39 is 0 Å². The first-order valence-electron chi connectivity index (χ1n) is 7.68. The Bertz CT molecular complexity index is 775. The Morgan fingerprint density at radius 2 is 1.72 bits per heavy atom. The number of anilines is 1. The topological polar surface area (TPSA) is 90.5 Å². The number of carbonyl (C=O) groups is 2. The van der Waals surface area contributed by atoms with Gasteiger partial charge in [0, 0.05) is 12.1 Å². The molecule has 0 atom stereocenters. The van der Waals surface area contributed by atoms with Crippen LogP contribution in [0, 0.1) is 6.92 Å². The van der Waals surface area contributed by atoms with Crippen LogP contribution >= 0.6 is 12.2 Å². The van der Waals surface area contributed by atoms with Crippen LogP contribution in [0.25, 0.3) is 0 Å². The summed E-state index contributed by atoms with van der Waals surface area (Å²) in [5.74, 6) is -0.676. The van der Waals surface area contributed by atoms with E-state index in [4.69, 9.17) is 17.3 Å². The highest BCUT2D eigenvalue weighted by molar-refractivity contribution is 7.80. The first-order chi connectivity index (χ1) is 12.0. The molecule has 2 aromatic carbocycles. The molecule has 0 fully saturated rings. The lowest BCUT2D eigenvalue weighted by atomic mass is 10.1. The van der Waals surface area contributed by atoms with Crippen LogP contribution in [0.5, 0.6) is 0 Å². The Morgan fingerprint density at radius 1 is 1.04 bits per heavy atom. The fraction of sp³-hybridized carbons (Fsp3) is 0.167. The maximum Gasteiger partial charge on any atom is 0.257 e. The number of aliphatic hydroxyl groups is 1. The minimum absolute atomic E-state index is 0.0907. The van der Waals surface area contributed by atoms with E-state index in [0.717, 1.165) is 5.56 Å². The lowest BCUT2D eigenvalue weighted by Crippen LogP contribution is -2.35. The molecule has 6 nitrogen and oxygen atoms in total. The van der Waals surface area contributed by atoms with E-state index in [0.29, 0.717) is 16.8 Å². The van der Waals surface area contributed by atoms with E-state index in [1.54, 1.807) is 36.4 Å². The molecule has 0 spiro atoms. The number of carbonyl (C=O) groups excluding carboxylic acids is 2. The highest BCUT2D eigenvalue weighted by Gasteiger charge is 2.13. The third-order valence-electron chi connectivity index (χ3n) is 3.36. The van der Waals surface area contributed by atoms with Gasteiger partial charge in [-0.3, -0.25) is 14.9 Å². The molecule has 0 saturated heterocycles. The van der Waals surface area contributed by atoms with E-state index in [1.807, 2.05) is 19.1 Å². The first-order valence-corrected chi connectivity index (χ1v) is 8.09. The quantitative estimate of drug-likeness (QED) is 0.613. The minimum Gasteiger partial charge on any atom is -0.395 e. The normalized spacial score (nSPS) is 10.0. The summed E-state index contributed by atoms with van der Waals surface area (Å²) in [6.45, 7) is 1.95. The molecule has 7 heteroatoms. The Balaban J connectivity index is 2.04. The molecule has 0 unspecified atom stereocenters. The number of benzene rings is 2. The summed E-state index contributed by atoms with van der Waals surface area (Å²) in [4.78, 5) is 24.3. The van der Waals surface area contributed by atoms with Crippen molar-refractivity contribution < 1.29 is 14.7 Å². The van der Waals surface area contributed by atoms with Gasteiger partial charge in [0.25, 0.3) is 11.8 Å². The largest absolute Gasteiger partial charge is 0.395 e. The summed E-state index contributed by atoms with van der Waals surface area (Å²) in [5.41, 5.74) is 2.37. The van der Waals surface area contributed by atoms with Gasteiger partial charge >= 0.3 is 0 Å². The zero-order chi connectivity index (χ0) is 18.2. The summed E-state index contributed by atoms with van der Waals surface area (Å²) in [6, 6.07) is 13.9. The van der Waals surface area contributed by atoms with Gasteiger partial charge < -0.3 is 15.7 Å². The molecular weight excluding hydrogens is 338 g/mol. The molecule has 2 aromatic rings. The lowest BCUT2D eigenvalue weighted by molar-refractivity contribution is 0.0944. The Morgan fingerprint density at radius 3 is 2.40 bits per heavy atom. The van der Waals surface area contributed by atoms with Gasteiger partial charge in [-0.25, -0.2) is 0 Å². The van der Waals surface area contributed by atoms with Crippen LogP contribution in [0.3, 0.4) is 0 Å². The number of amides is 2. The molecule has 0 aliphatic rings. The third kappa shape index (κ3) is 5.37. The maximum atomic E-state index is 12.2. The number of para-hydroxylation sites is 1. The molecule has 0 heterocycles. The fourth-order valence-electron chi connectivity index (χ4n) is 2.09. The maximum absolute atomic E-state index is 12.2. The SMILES string of the molecule is Cc1ccc(C(=O)NC(=S)Nc2ccccc2C(=O)NCCO)cc1. The van der Waals surface area contributed by atoms with Crippen LogP contribution in [0.4, 0.5) is 5.69 Å². The average molecular weight is 357 g/mol. The molecule has 0 aliphatic carbocycles.